The van der Waals surface area contributed by atoms with Gasteiger partial charge in [-0.3, -0.25) is 19.3 Å². The third-order valence-corrected chi connectivity index (χ3v) is 13.0. The molecule has 0 radical (unpaired) electrons. The maximum absolute atomic E-state index is 15.2. The molecular weight excluding hydrogens is 788 g/mol. The molecule has 1 saturated heterocycles. The van der Waals surface area contributed by atoms with Crippen LogP contribution < -0.4 is 4.72 Å². The number of ether oxygens (including phenoxy) is 1. The molecule has 12 nitrogen and oxygen atoms in total. The van der Waals surface area contributed by atoms with Crippen LogP contribution in [0.15, 0.2) is 89.8 Å². The van der Waals surface area contributed by atoms with Crippen molar-refractivity contribution < 1.29 is 27.5 Å². The molecule has 1 aromatic heterocycles. The highest BCUT2D eigenvalue weighted by atomic mass is 35.5. The van der Waals surface area contributed by atoms with Gasteiger partial charge in [0.05, 0.1) is 40.1 Å². The highest BCUT2D eigenvalue weighted by Gasteiger charge is 2.35. The minimum atomic E-state index is -4.30. The van der Waals surface area contributed by atoms with Crippen molar-refractivity contribution in [2.24, 2.45) is 0 Å². The van der Waals surface area contributed by atoms with Crippen LogP contribution in [0, 0.1) is 6.92 Å². The number of hydrogen-bond donors (Lipinski definition) is 1. The predicted molar refractivity (Wildman–Crippen MR) is 229 cm³/mol. The first-order chi connectivity index (χ1) is 28.5. The predicted octanol–water partition coefficient (Wildman–Crippen LogP) is 7.05. The van der Waals surface area contributed by atoms with Gasteiger partial charge in [-0.05, 0) is 78.4 Å². The molecule has 0 aliphatic carbocycles. The van der Waals surface area contributed by atoms with Crippen molar-refractivity contribution >= 4 is 50.1 Å². The largest absolute Gasteiger partial charge is 0.379 e. The molecule has 310 valence electrons. The summed E-state index contributed by atoms with van der Waals surface area (Å²) in [5.74, 6) is -1.56. The number of nitrogens with one attached hydrogen (secondary N) is 1. The molecule has 3 amide bonds. The Kier molecular flexibility index (Phi) is 13.2. The van der Waals surface area contributed by atoms with Crippen LogP contribution in [0.2, 0.25) is 5.02 Å². The van der Waals surface area contributed by atoms with Gasteiger partial charge in [-0.15, -0.1) is 0 Å². The number of halogens is 1. The Hall–Kier alpha value is -5.08. The van der Waals surface area contributed by atoms with Crippen LogP contribution in [-0.4, -0.2) is 103 Å². The number of morpholine rings is 1. The quantitative estimate of drug-likeness (QED) is 0.126. The van der Waals surface area contributed by atoms with Crippen molar-refractivity contribution in [3.8, 4) is 5.69 Å². The molecule has 3 heterocycles. The maximum atomic E-state index is 15.2. The molecular formula is C45H51ClN6O6S. The van der Waals surface area contributed by atoms with E-state index < -0.39 is 15.9 Å². The van der Waals surface area contributed by atoms with Crippen molar-refractivity contribution in [3.63, 3.8) is 0 Å². The molecule has 1 fully saturated rings. The van der Waals surface area contributed by atoms with E-state index in [1.54, 1.807) is 30.0 Å². The molecule has 1 atom stereocenters. The number of hydrogen-bond acceptors (Lipinski definition) is 8. The van der Waals surface area contributed by atoms with Crippen LogP contribution in [0.25, 0.3) is 16.5 Å². The number of sulfonamides is 1. The van der Waals surface area contributed by atoms with Crippen LogP contribution in [0.4, 0.5) is 0 Å². The minimum absolute atomic E-state index is 0.0406. The summed E-state index contributed by atoms with van der Waals surface area (Å²) >= 11 is 6.92. The number of fused-ring (bicyclic) bond motifs is 2. The first kappa shape index (κ1) is 42.1. The van der Waals surface area contributed by atoms with Gasteiger partial charge in [0.1, 0.15) is 0 Å². The van der Waals surface area contributed by atoms with E-state index in [-0.39, 0.29) is 44.6 Å². The number of aromatic nitrogens is 2. The van der Waals surface area contributed by atoms with Gasteiger partial charge in [-0.2, -0.15) is 5.10 Å². The summed E-state index contributed by atoms with van der Waals surface area (Å²) in [4.78, 5) is 49.0. The lowest BCUT2D eigenvalue weighted by atomic mass is 9.92. The molecule has 0 bridgehead atoms. The molecule has 2 aliphatic heterocycles. The average Bonchev–Trinajstić information content (AvgIpc) is 3.55. The fraction of sp³-hybridized carbons (Fsp3) is 0.378. The topological polar surface area (TPSA) is 134 Å². The van der Waals surface area contributed by atoms with E-state index in [9.17, 15) is 18.0 Å². The van der Waals surface area contributed by atoms with E-state index in [0.717, 1.165) is 55.3 Å². The molecule has 14 heteroatoms. The van der Waals surface area contributed by atoms with E-state index >= 15 is 4.79 Å². The van der Waals surface area contributed by atoms with Crippen LogP contribution in [-0.2, 0) is 27.7 Å². The summed E-state index contributed by atoms with van der Waals surface area (Å²) in [6.07, 6.45) is 4.11. The molecule has 59 heavy (non-hydrogen) atoms. The number of amides is 3. The molecule has 1 N–H and O–H groups in total. The first-order valence-electron chi connectivity index (χ1n) is 20.4. The van der Waals surface area contributed by atoms with Gasteiger partial charge in [-0.25, -0.2) is 17.8 Å². The summed E-state index contributed by atoms with van der Waals surface area (Å²) in [6.45, 7) is 10.6. The monoisotopic (exact) mass is 838 g/mol. The second-order valence-corrected chi connectivity index (χ2v) is 17.4. The van der Waals surface area contributed by atoms with Crippen LogP contribution in [0.3, 0.4) is 0 Å². The summed E-state index contributed by atoms with van der Waals surface area (Å²) in [6, 6.07) is 24.3. The molecule has 4 aromatic carbocycles. The smallest absolute Gasteiger partial charge is 0.275 e. The fourth-order valence-corrected chi connectivity index (χ4v) is 9.06. The van der Waals surface area contributed by atoms with Gasteiger partial charge in [-0.1, -0.05) is 92.9 Å². The Balaban J connectivity index is 1.29. The van der Waals surface area contributed by atoms with E-state index in [4.69, 9.17) is 21.4 Å². The minimum Gasteiger partial charge on any atom is -0.379 e. The molecule has 0 spiro atoms. The van der Waals surface area contributed by atoms with Crippen molar-refractivity contribution in [1.82, 2.24) is 29.2 Å². The van der Waals surface area contributed by atoms with Gasteiger partial charge in [0.15, 0.2) is 5.69 Å². The average molecular weight is 839 g/mol. The number of nitrogens with zero attached hydrogens (tertiary/aromatic N) is 5. The molecule has 0 saturated carbocycles. The van der Waals surface area contributed by atoms with Crippen molar-refractivity contribution in [3.05, 3.63) is 124 Å². The highest BCUT2D eigenvalue weighted by Crippen LogP contribution is 2.31. The number of carbonyl (C=O) groups excluding carboxylic acids is 3. The summed E-state index contributed by atoms with van der Waals surface area (Å²) < 4.78 is 36.5. The second-order valence-electron chi connectivity index (χ2n) is 15.3. The second kappa shape index (κ2) is 18.5. The first-order valence-corrected chi connectivity index (χ1v) is 22.3. The van der Waals surface area contributed by atoms with E-state index in [2.05, 4.69) is 29.5 Å². The SMILES string of the molecule is CCCCN(CCCC)C(=O)c1nn(-c2ccc(C(=O)NS(=O)(=O)c3ccc4ccccc4c3)cc2C(=O)N2Cc3ccccc3C[C@H]2CN2CCOCC2)c(C)c1Cl. The van der Waals surface area contributed by atoms with Crippen LogP contribution >= 0.6 is 11.6 Å². The molecule has 0 unspecified atom stereocenters. The molecule has 7 rings (SSSR count). The summed E-state index contributed by atoms with van der Waals surface area (Å²) in [7, 11) is -4.30. The van der Waals surface area contributed by atoms with Gasteiger partial charge in [0.2, 0.25) is 0 Å². The Morgan fingerprint density at radius 2 is 1.56 bits per heavy atom. The number of unbranched alkanes of at least 4 members (excludes halogenated alkanes) is 2. The zero-order valence-corrected chi connectivity index (χ0v) is 35.4. The van der Waals surface area contributed by atoms with Crippen molar-refractivity contribution in [2.45, 2.75) is 70.4 Å². The lowest BCUT2D eigenvalue weighted by molar-refractivity contribution is 0.0192. The lowest BCUT2D eigenvalue weighted by Gasteiger charge is -2.40. The number of benzene rings is 4. The Bertz CT molecular complexity index is 2460. The number of rotatable bonds is 14. The highest BCUT2D eigenvalue weighted by molar-refractivity contribution is 7.90. The van der Waals surface area contributed by atoms with Gasteiger partial charge in [0.25, 0.3) is 27.7 Å². The van der Waals surface area contributed by atoms with Crippen LogP contribution in [0.5, 0.6) is 0 Å². The van der Waals surface area contributed by atoms with Gasteiger partial charge >= 0.3 is 0 Å². The van der Waals surface area contributed by atoms with Gasteiger partial charge < -0.3 is 14.5 Å². The number of carbonyl (C=O) groups is 3. The summed E-state index contributed by atoms with van der Waals surface area (Å²) in [5, 5.41) is 6.50. The third kappa shape index (κ3) is 9.23. The standard InChI is InChI=1S/C45H51ClN6O6S/c1-4-6-20-50(21-7-5-2)45(55)42-41(46)31(3)52(47-42)40-19-17-35(43(53)48-59(56,57)38-18-16-32-12-8-9-14-34(32)27-38)28-39(40)44(54)51-29-36-15-11-10-13-33(36)26-37(51)30-49-22-24-58-25-23-49/h8-19,27-28,37H,4-7,20-26,29-30H2,1-3H3,(H,48,53)/t37-/m0/s1. The Labute approximate surface area is 351 Å². The Morgan fingerprint density at radius 3 is 2.27 bits per heavy atom. The lowest BCUT2D eigenvalue weighted by Crippen LogP contribution is -2.52. The van der Waals surface area contributed by atoms with Crippen molar-refractivity contribution in [2.75, 3.05) is 45.9 Å². The van der Waals surface area contributed by atoms with Crippen LogP contribution in [0.1, 0.15) is 87.6 Å². The molecule has 5 aromatic rings. The third-order valence-electron chi connectivity index (χ3n) is 11.3. The maximum Gasteiger partial charge on any atom is 0.275 e. The summed E-state index contributed by atoms with van der Waals surface area (Å²) in [5.41, 5.74) is 3.08. The van der Waals surface area contributed by atoms with Gasteiger partial charge in [0, 0.05) is 50.9 Å². The van der Waals surface area contributed by atoms with Crippen molar-refractivity contribution in [1.29, 1.82) is 0 Å². The van der Waals surface area contributed by atoms with E-state index in [1.807, 2.05) is 41.3 Å². The zero-order chi connectivity index (χ0) is 41.7. The normalized spacial score (nSPS) is 15.9. The van der Waals surface area contributed by atoms with E-state index in [1.165, 1.54) is 28.9 Å². The Morgan fingerprint density at radius 1 is 0.881 bits per heavy atom. The van der Waals surface area contributed by atoms with E-state index in [0.29, 0.717) is 62.6 Å². The molecule has 2 aliphatic rings. The zero-order valence-electron chi connectivity index (χ0n) is 33.8. The fourth-order valence-electron chi connectivity index (χ4n) is 7.85.